The van der Waals surface area contributed by atoms with Gasteiger partial charge in [0.25, 0.3) is 11.5 Å². The molecule has 0 radical (unpaired) electrons. The highest BCUT2D eigenvalue weighted by molar-refractivity contribution is 7.07. The number of hydrogen-bond acceptors (Lipinski definition) is 6. The molecule has 5 rings (SSSR count). The van der Waals surface area contributed by atoms with Crippen LogP contribution in [-0.2, 0) is 4.79 Å². The second kappa shape index (κ2) is 9.67. The molecule has 0 saturated carbocycles. The summed E-state index contributed by atoms with van der Waals surface area (Å²) in [6.07, 6.45) is 1.72. The smallest absolute Gasteiger partial charge is 0.271 e. The van der Waals surface area contributed by atoms with E-state index in [0.29, 0.717) is 37.6 Å². The molecule has 0 aliphatic carbocycles. The van der Waals surface area contributed by atoms with Gasteiger partial charge < -0.3 is 15.2 Å². The van der Waals surface area contributed by atoms with E-state index in [4.69, 9.17) is 4.74 Å². The molecule has 2 heterocycles. The van der Waals surface area contributed by atoms with E-state index in [2.05, 4.69) is 10.3 Å². The molecular weight excluding hydrogens is 474 g/mol. The quantitative estimate of drug-likeness (QED) is 0.441. The summed E-state index contributed by atoms with van der Waals surface area (Å²) < 4.78 is 7.43. The minimum absolute atomic E-state index is 0.112. The monoisotopic (exact) mass is 497 g/mol. The number of carbonyl (C=O) groups is 1. The predicted molar refractivity (Wildman–Crippen MR) is 140 cm³/mol. The van der Waals surface area contributed by atoms with Gasteiger partial charge in [0.1, 0.15) is 11.5 Å². The lowest BCUT2D eigenvalue weighted by Gasteiger charge is -2.25. The molecule has 0 unspecified atom stereocenters. The van der Waals surface area contributed by atoms with Crippen molar-refractivity contribution in [1.29, 1.82) is 0 Å². The number of methoxy groups -OCH3 is 1. The van der Waals surface area contributed by atoms with Gasteiger partial charge >= 0.3 is 0 Å². The number of benzene rings is 3. The number of aromatic hydroxyl groups is 1. The number of anilines is 1. The van der Waals surface area contributed by atoms with E-state index in [0.717, 1.165) is 5.56 Å². The van der Waals surface area contributed by atoms with Gasteiger partial charge in [-0.3, -0.25) is 14.2 Å². The maximum Gasteiger partial charge on any atom is 0.271 e. The molecule has 4 aromatic rings. The van der Waals surface area contributed by atoms with Crippen molar-refractivity contribution < 1.29 is 14.6 Å². The van der Waals surface area contributed by atoms with Crippen molar-refractivity contribution in [2.24, 2.45) is 4.99 Å². The van der Waals surface area contributed by atoms with Crippen LogP contribution in [0.2, 0.25) is 0 Å². The first-order valence-corrected chi connectivity index (χ1v) is 12.1. The van der Waals surface area contributed by atoms with Crippen molar-refractivity contribution in [3.05, 3.63) is 121 Å². The van der Waals surface area contributed by atoms with Crippen LogP contribution in [0.1, 0.15) is 24.1 Å². The molecule has 0 fully saturated rings. The molecule has 8 heteroatoms. The number of rotatable bonds is 5. The fourth-order valence-corrected chi connectivity index (χ4v) is 5.27. The van der Waals surface area contributed by atoms with Crippen LogP contribution < -0.4 is 24.9 Å². The molecule has 0 spiro atoms. The van der Waals surface area contributed by atoms with Crippen LogP contribution in [0.3, 0.4) is 0 Å². The third kappa shape index (κ3) is 4.46. The Balaban J connectivity index is 1.69. The lowest BCUT2D eigenvalue weighted by Crippen LogP contribution is -2.40. The highest BCUT2D eigenvalue weighted by atomic mass is 32.1. The zero-order chi connectivity index (χ0) is 25.2. The van der Waals surface area contributed by atoms with Crippen LogP contribution >= 0.6 is 11.3 Å². The molecule has 1 aliphatic rings. The molecule has 1 atom stereocenters. The standard InChI is InChI=1S/C28H23N3O4S/c1-17-24(26(33)30-20-10-4-3-5-11-20)25(19-9-7-13-22(16-19)35-2)31-27(34)23(36-28(31)29-17)15-18-8-6-12-21(32)14-18/h3-16,25,32H,1-2H3,(H,30,33)/b23-15+/t25-/m1/s1. The van der Waals surface area contributed by atoms with Gasteiger partial charge in [-0.25, -0.2) is 4.99 Å². The molecule has 2 N–H and O–H groups in total. The second-order valence-electron chi connectivity index (χ2n) is 8.27. The third-order valence-electron chi connectivity index (χ3n) is 5.88. The van der Waals surface area contributed by atoms with E-state index in [9.17, 15) is 14.7 Å². The van der Waals surface area contributed by atoms with Crippen molar-refractivity contribution in [2.45, 2.75) is 13.0 Å². The summed E-state index contributed by atoms with van der Waals surface area (Å²) >= 11 is 1.24. The molecule has 180 valence electrons. The fraction of sp³-hybridized carbons (Fsp3) is 0.107. The molecular formula is C28H23N3O4S. The van der Waals surface area contributed by atoms with Crippen LogP contribution in [0.4, 0.5) is 5.69 Å². The number of para-hydroxylation sites is 1. The number of thiazole rings is 1. The van der Waals surface area contributed by atoms with Gasteiger partial charge in [0.05, 0.1) is 29.0 Å². The van der Waals surface area contributed by atoms with Gasteiger partial charge in [-0.05, 0) is 60.5 Å². The minimum Gasteiger partial charge on any atom is -0.508 e. The van der Waals surface area contributed by atoms with Gasteiger partial charge in [-0.2, -0.15) is 0 Å². The van der Waals surface area contributed by atoms with Gasteiger partial charge in [-0.15, -0.1) is 0 Å². The first-order chi connectivity index (χ1) is 17.4. The Labute approximate surface area is 211 Å². The largest absolute Gasteiger partial charge is 0.508 e. The van der Waals surface area contributed by atoms with Gasteiger partial charge in [0.15, 0.2) is 4.80 Å². The maximum atomic E-state index is 13.7. The number of nitrogens with zero attached hydrogens (tertiary/aromatic N) is 2. The summed E-state index contributed by atoms with van der Waals surface area (Å²) in [6.45, 7) is 1.78. The van der Waals surface area contributed by atoms with E-state index < -0.39 is 6.04 Å². The van der Waals surface area contributed by atoms with Crippen LogP contribution in [0.25, 0.3) is 6.08 Å². The lowest BCUT2D eigenvalue weighted by atomic mass is 9.95. The van der Waals surface area contributed by atoms with Crippen molar-refractivity contribution in [3.8, 4) is 11.5 Å². The molecule has 36 heavy (non-hydrogen) atoms. The molecule has 3 aromatic carbocycles. The zero-order valence-electron chi connectivity index (χ0n) is 19.6. The normalized spacial score (nSPS) is 15.3. The lowest BCUT2D eigenvalue weighted by molar-refractivity contribution is -0.113. The van der Waals surface area contributed by atoms with Crippen molar-refractivity contribution in [3.63, 3.8) is 0 Å². The molecule has 1 amide bonds. The number of fused-ring (bicyclic) bond motifs is 1. The molecule has 0 saturated heterocycles. The first-order valence-electron chi connectivity index (χ1n) is 11.3. The average molecular weight is 498 g/mol. The predicted octanol–water partition coefficient (Wildman–Crippen LogP) is 3.59. The summed E-state index contributed by atoms with van der Waals surface area (Å²) in [5.74, 6) is 0.394. The number of aromatic nitrogens is 1. The second-order valence-corrected chi connectivity index (χ2v) is 9.28. The average Bonchev–Trinajstić information content (AvgIpc) is 3.18. The maximum absolute atomic E-state index is 13.7. The fourth-order valence-electron chi connectivity index (χ4n) is 4.22. The number of hydrogen-bond donors (Lipinski definition) is 2. The Morgan fingerprint density at radius 1 is 1.08 bits per heavy atom. The van der Waals surface area contributed by atoms with Gasteiger partial charge in [0, 0.05) is 5.69 Å². The molecule has 1 aromatic heterocycles. The number of nitrogens with one attached hydrogen (secondary N) is 1. The SMILES string of the molecule is COc1cccc([C@@H]2C(C(=O)Nc3ccccc3)=C(C)N=c3s/c(=C/c4cccc(O)c4)c(=O)n32)c1. The summed E-state index contributed by atoms with van der Waals surface area (Å²) in [5, 5.41) is 12.8. The van der Waals surface area contributed by atoms with E-state index in [1.807, 2.05) is 42.5 Å². The van der Waals surface area contributed by atoms with Crippen molar-refractivity contribution in [2.75, 3.05) is 12.4 Å². The number of ether oxygens (including phenoxy) is 1. The van der Waals surface area contributed by atoms with Gasteiger partial charge in [-0.1, -0.05) is 53.8 Å². The van der Waals surface area contributed by atoms with Gasteiger partial charge in [0.2, 0.25) is 0 Å². The topological polar surface area (TPSA) is 92.9 Å². The van der Waals surface area contributed by atoms with E-state index in [-0.39, 0.29) is 17.2 Å². The molecule has 1 aliphatic heterocycles. The Hall–Kier alpha value is -4.43. The van der Waals surface area contributed by atoms with Crippen molar-refractivity contribution >= 4 is 29.0 Å². The zero-order valence-corrected chi connectivity index (χ0v) is 20.5. The first kappa shape index (κ1) is 23.3. The molecule has 0 bridgehead atoms. The summed E-state index contributed by atoms with van der Waals surface area (Å²) in [6, 6.07) is 22.5. The third-order valence-corrected chi connectivity index (χ3v) is 6.86. The Kier molecular flexibility index (Phi) is 6.26. The number of carbonyl (C=O) groups excluding carboxylic acids is 1. The number of allylic oxidation sites excluding steroid dienone is 1. The number of amides is 1. The van der Waals surface area contributed by atoms with Crippen LogP contribution in [0.15, 0.2) is 99.9 Å². The minimum atomic E-state index is -0.702. The Morgan fingerprint density at radius 2 is 1.86 bits per heavy atom. The highest BCUT2D eigenvalue weighted by Crippen LogP contribution is 2.32. The number of phenolic OH excluding ortho intramolecular Hbond substituents is 1. The van der Waals surface area contributed by atoms with E-state index >= 15 is 0 Å². The Bertz CT molecular complexity index is 1670. The van der Waals surface area contributed by atoms with Crippen LogP contribution in [-0.4, -0.2) is 22.7 Å². The van der Waals surface area contributed by atoms with E-state index in [1.165, 1.54) is 11.3 Å². The molecule has 7 nitrogen and oxygen atoms in total. The number of phenols is 1. The highest BCUT2D eigenvalue weighted by Gasteiger charge is 2.32. The summed E-state index contributed by atoms with van der Waals surface area (Å²) in [5.41, 5.74) is 2.70. The van der Waals surface area contributed by atoms with E-state index in [1.54, 1.807) is 61.1 Å². The Morgan fingerprint density at radius 3 is 2.61 bits per heavy atom. The van der Waals surface area contributed by atoms with Crippen molar-refractivity contribution in [1.82, 2.24) is 4.57 Å². The van der Waals surface area contributed by atoms with Crippen LogP contribution in [0.5, 0.6) is 11.5 Å². The van der Waals surface area contributed by atoms with Crippen LogP contribution in [0, 0.1) is 0 Å². The summed E-state index contributed by atoms with van der Waals surface area (Å²) in [7, 11) is 1.57. The summed E-state index contributed by atoms with van der Waals surface area (Å²) in [4.78, 5) is 32.4.